The molecule has 0 aromatic carbocycles. The van der Waals surface area contributed by atoms with Crippen LogP contribution in [0.15, 0.2) is 11.6 Å². The van der Waals surface area contributed by atoms with Gasteiger partial charge in [0.25, 0.3) is 0 Å². The summed E-state index contributed by atoms with van der Waals surface area (Å²) in [6.45, 7) is 11.0. The topological polar surface area (TPSA) is 41.1 Å². The molecule has 1 aliphatic rings. The van der Waals surface area contributed by atoms with Gasteiger partial charge in [-0.1, -0.05) is 32.4 Å². The molecule has 0 bridgehead atoms. The Morgan fingerprint density at radius 3 is 2.78 bits per heavy atom. The summed E-state index contributed by atoms with van der Waals surface area (Å²) in [7, 11) is 0. The minimum Gasteiger partial charge on any atom is -0.355 e. The molecule has 0 radical (unpaired) electrons. The zero-order chi connectivity index (χ0) is 13.5. The minimum atomic E-state index is 0.0805. The van der Waals surface area contributed by atoms with Crippen LogP contribution in [0.4, 0.5) is 0 Å². The Bertz CT molecular complexity index is 297. The number of hydrogen-bond acceptors (Lipinski definition) is 2. The highest BCUT2D eigenvalue weighted by atomic mass is 16.1. The average Bonchev–Trinajstić information content (AvgIpc) is 2.26. The lowest BCUT2D eigenvalue weighted by Crippen LogP contribution is -2.36. The Labute approximate surface area is 111 Å². The summed E-state index contributed by atoms with van der Waals surface area (Å²) in [5, 5.41) is 6.37. The Morgan fingerprint density at radius 1 is 1.44 bits per heavy atom. The fraction of sp³-hybridized carbons (Fsp3) is 0.800. The van der Waals surface area contributed by atoms with Gasteiger partial charge >= 0.3 is 0 Å². The van der Waals surface area contributed by atoms with Crippen LogP contribution in [0.2, 0.25) is 0 Å². The third-order valence-corrected chi connectivity index (χ3v) is 3.44. The third-order valence-electron chi connectivity index (χ3n) is 3.44. The lowest BCUT2D eigenvalue weighted by atomic mass is 9.84. The molecule has 18 heavy (non-hydrogen) atoms. The molecule has 0 heterocycles. The highest BCUT2D eigenvalue weighted by molar-refractivity contribution is 5.77. The second-order valence-electron chi connectivity index (χ2n) is 5.95. The van der Waals surface area contributed by atoms with Crippen LogP contribution in [-0.2, 0) is 4.79 Å². The van der Waals surface area contributed by atoms with Crippen molar-refractivity contribution in [1.29, 1.82) is 0 Å². The van der Waals surface area contributed by atoms with E-state index in [4.69, 9.17) is 0 Å². The number of rotatable bonds is 6. The molecule has 1 aliphatic carbocycles. The monoisotopic (exact) mass is 252 g/mol. The number of carbonyl (C=O) groups excluding carboxylic acids is 1. The zero-order valence-corrected chi connectivity index (χ0v) is 12.3. The van der Waals surface area contributed by atoms with Crippen LogP contribution >= 0.6 is 0 Å². The Kier molecular flexibility index (Phi) is 6.41. The van der Waals surface area contributed by atoms with Crippen molar-refractivity contribution in [2.45, 2.75) is 40.5 Å². The molecule has 1 amide bonds. The SMILES string of the molecule is CC1=CC(C)CC(CNCCNC(=O)C(C)C)C1. The van der Waals surface area contributed by atoms with E-state index in [0.29, 0.717) is 5.92 Å². The predicted octanol–water partition coefficient (Wildman–Crippen LogP) is 2.34. The van der Waals surface area contributed by atoms with Crippen LogP contribution in [0.1, 0.15) is 40.5 Å². The molecule has 1 rings (SSSR count). The lowest BCUT2D eigenvalue weighted by Gasteiger charge is -2.25. The smallest absolute Gasteiger partial charge is 0.222 e. The van der Waals surface area contributed by atoms with Gasteiger partial charge in [-0.15, -0.1) is 0 Å². The van der Waals surface area contributed by atoms with Gasteiger partial charge in [0.05, 0.1) is 0 Å². The van der Waals surface area contributed by atoms with Crippen molar-refractivity contribution in [3.8, 4) is 0 Å². The van der Waals surface area contributed by atoms with E-state index < -0.39 is 0 Å². The molecule has 0 aromatic rings. The van der Waals surface area contributed by atoms with Crippen molar-refractivity contribution in [1.82, 2.24) is 10.6 Å². The van der Waals surface area contributed by atoms with E-state index in [2.05, 4.69) is 30.6 Å². The van der Waals surface area contributed by atoms with Crippen LogP contribution in [0.3, 0.4) is 0 Å². The Hall–Kier alpha value is -0.830. The summed E-state index contributed by atoms with van der Waals surface area (Å²) >= 11 is 0. The zero-order valence-electron chi connectivity index (χ0n) is 12.3. The van der Waals surface area contributed by atoms with Crippen molar-refractivity contribution in [2.24, 2.45) is 17.8 Å². The van der Waals surface area contributed by atoms with Crippen LogP contribution in [0.25, 0.3) is 0 Å². The van der Waals surface area contributed by atoms with Crippen molar-refractivity contribution < 1.29 is 4.79 Å². The van der Waals surface area contributed by atoms with E-state index in [1.54, 1.807) is 0 Å². The van der Waals surface area contributed by atoms with Gasteiger partial charge in [-0.2, -0.15) is 0 Å². The summed E-state index contributed by atoms with van der Waals surface area (Å²) in [6, 6.07) is 0. The molecule has 0 fully saturated rings. The number of amides is 1. The van der Waals surface area contributed by atoms with Crippen molar-refractivity contribution in [3.63, 3.8) is 0 Å². The van der Waals surface area contributed by atoms with E-state index in [-0.39, 0.29) is 11.8 Å². The maximum atomic E-state index is 11.3. The van der Waals surface area contributed by atoms with Crippen molar-refractivity contribution in [2.75, 3.05) is 19.6 Å². The first-order valence-electron chi connectivity index (χ1n) is 7.14. The molecule has 0 aliphatic heterocycles. The molecule has 3 nitrogen and oxygen atoms in total. The summed E-state index contributed by atoms with van der Waals surface area (Å²) in [5.41, 5.74) is 1.52. The molecule has 0 saturated carbocycles. The van der Waals surface area contributed by atoms with Gasteiger partial charge in [0.2, 0.25) is 5.91 Å². The second kappa shape index (κ2) is 7.57. The number of carbonyl (C=O) groups is 1. The third kappa shape index (κ3) is 5.67. The van der Waals surface area contributed by atoms with Crippen LogP contribution in [-0.4, -0.2) is 25.5 Å². The number of hydrogen-bond donors (Lipinski definition) is 2. The molecule has 2 unspecified atom stereocenters. The highest BCUT2D eigenvalue weighted by Crippen LogP contribution is 2.26. The molecular formula is C15H28N2O. The van der Waals surface area contributed by atoms with Gasteiger partial charge in [0, 0.05) is 19.0 Å². The first kappa shape index (κ1) is 15.2. The summed E-state index contributed by atoms with van der Waals surface area (Å²) in [6.07, 6.45) is 4.89. The summed E-state index contributed by atoms with van der Waals surface area (Å²) in [5.74, 6) is 1.69. The molecular weight excluding hydrogens is 224 g/mol. The van der Waals surface area contributed by atoms with Crippen molar-refractivity contribution >= 4 is 5.91 Å². The summed E-state index contributed by atoms with van der Waals surface area (Å²) < 4.78 is 0. The maximum Gasteiger partial charge on any atom is 0.222 e. The van der Waals surface area contributed by atoms with Gasteiger partial charge in [-0.25, -0.2) is 0 Å². The molecule has 3 heteroatoms. The van der Waals surface area contributed by atoms with E-state index >= 15 is 0 Å². The molecule has 2 atom stereocenters. The predicted molar refractivity (Wildman–Crippen MR) is 76.4 cm³/mol. The van der Waals surface area contributed by atoms with Gasteiger partial charge in [-0.05, 0) is 38.1 Å². The highest BCUT2D eigenvalue weighted by Gasteiger charge is 2.17. The maximum absolute atomic E-state index is 11.3. The van der Waals surface area contributed by atoms with Gasteiger partial charge in [-0.3, -0.25) is 4.79 Å². The quantitative estimate of drug-likeness (QED) is 0.563. The summed E-state index contributed by atoms with van der Waals surface area (Å²) in [4.78, 5) is 11.3. The normalized spacial score (nSPS) is 23.9. The Balaban J connectivity index is 2.08. The second-order valence-corrected chi connectivity index (χ2v) is 5.95. The van der Waals surface area contributed by atoms with Gasteiger partial charge < -0.3 is 10.6 Å². The van der Waals surface area contributed by atoms with E-state index in [1.165, 1.54) is 18.4 Å². The molecule has 0 saturated heterocycles. The van der Waals surface area contributed by atoms with E-state index in [0.717, 1.165) is 25.6 Å². The van der Waals surface area contributed by atoms with Gasteiger partial charge in [0.1, 0.15) is 0 Å². The molecule has 104 valence electrons. The fourth-order valence-electron chi connectivity index (χ4n) is 2.63. The van der Waals surface area contributed by atoms with Crippen molar-refractivity contribution in [3.05, 3.63) is 11.6 Å². The first-order chi connectivity index (χ1) is 8.49. The molecule has 0 aromatic heterocycles. The van der Waals surface area contributed by atoms with E-state index in [9.17, 15) is 4.79 Å². The molecule has 0 spiro atoms. The Morgan fingerprint density at radius 2 is 2.17 bits per heavy atom. The van der Waals surface area contributed by atoms with Crippen LogP contribution in [0.5, 0.6) is 0 Å². The largest absolute Gasteiger partial charge is 0.355 e. The average molecular weight is 252 g/mol. The standard InChI is InChI=1S/C15H28N2O/c1-11(2)15(18)17-6-5-16-10-14-8-12(3)7-13(4)9-14/h7,11-12,14,16H,5-6,8-10H2,1-4H3,(H,17,18). The van der Waals surface area contributed by atoms with E-state index in [1.807, 2.05) is 13.8 Å². The van der Waals surface area contributed by atoms with Gasteiger partial charge in [0.15, 0.2) is 0 Å². The fourth-order valence-corrected chi connectivity index (χ4v) is 2.63. The molecule has 2 N–H and O–H groups in total. The number of nitrogens with one attached hydrogen (secondary N) is 2. The van der Waals surface area contributed by atoms with Crippen LogP contribution < -0.4 is 10.6 Å². The van der Waals surface area contributed by atoms with Crippen LogP contribution in [0, 0.1) is 17.8 Å². The minimum absolute atomic E-state index is 0.0805. The lowest BCUT2D eigenvalue weighted by molar-refractivity contribution is -0.123. The first-order valence-corrected chi connectivity index (χ1v) is 7.14. The number of allylic oxidation sites excluding steroid dienone is 2.